The molecular formula is C22H17ClN4O4. The first-order valence-corrected chi connectivity index (χ1v) is 9.76. The highest BCUT2D eigenvalue weighted by Crippen LogP contribution is 2.34. The highest BCUT2D eigenvalue weighted by Gasteiger charge is 2.40. The summed E-state index contributed by atoms with van der Waals surface area (Å²) in [6.07, 6.45) is 0. The zero-order valence-electron chi connectivity index (χ0n) is 16.6. The van der Waals surface area contributed by atoms with Crippen LogP contribution in [0.2, 0.25) is 5.02 Å². The van der Waals surface area contributed by atoms with Crippen molar-refractivity contribution >= 4 is 46.1 Å². The van der Waals surface area contributed by atoms with Crippen LogP contribution in [-0.2, 0) is 4.79 Å². The van der Waals surface area contributed by atoms with Crippen LogP contribution in [0, 0.1) is 0 Å². The number of rotatable bonds is 3. The van der Waals surface area contributed by atoms with Gasteiger partial charge in [-0.05, 0) is 31.2 Å². The second-order valence-corrected chi connectivity index (χ2v) is 7.54. The van der Waals surface area contributed by atoms with E-state index in [0.29, 0.717) is 20.9 Å². The third-order valence-corrected chi connectivity index (χ3v) is 5.55. The van der Waals surface area contributed by atoms with Gasteiger partial charge in [0, 0.05) is 17.9 Å². The molecule has 0 saturated heterocycles. The number of halogens is 1. The lowest BCUT2D eigenvalue weighted by Crippen LogP contribution is -2.42. The molecule has 4 rings (SSSR count). The molecule has 9 heteroatoms. The summed E-state index contributed by atoms with van der Waals surface area (Å²) in [5, 5.41) is 1.34. The van der Waals surface area contributed by atoms with Crippen LogP contribution in [0.25, 0.3) is 10.9 Å². The van der Waals surface area contributed by atoms with E-state index in [2.05, 4.69) is 4.98 Å². The van der Waals surface area contributed by atoms with Crippen LogP contribution in [0.3, 0.4) is 0 Å². The van der Waals surface area contributed by atoms with Crippen molar-refractivity contribution in [1.82, 2.24) is 14.9 Å². The van der Waals surface area contributed by atoms with Gasteiger partial charge in [0.05, 0.1) is 27.7 Å². The highest BCUT2D eigenvalue weighted by molar-refractivity contribution is 6.35. The normalized spacial score (nSPS) is 14.0. The molecular weight excluding hydrogens is 420 g/mol. The minimum Gasteiger partial charge on any atom is -0.273 e. The molecule has 0 aliphatic carbocycles. The number of imide groups is 2. The SMILES string of the molecule is CC(=O)N(N)C(=O)c1nc2c(Cl)cccc2cc1C(C)N1C(=O)c2ccccc2C1=O. The van der Waals surface area contributed by atoms with Gasteiger partial charge in [0.15, 0.2) is 0 Å². The largest absolute Gasteiger partial charge is 0.293 e. The fraction of sp³-hybridized carbons (Fsp3) is 0.136. The number of amides is 4. The van der Waals surface area contributed by atoms with Gasteiger partial charge in [0.2, 0.25) is 5.91 Å². The number of carbonyl (C=O) groups is 4. The molecule has 1 aliphatic rings. The van der Waals surface area contributed by atoms with E-state index in [1.165, 1.54) is 0 Å². The van der Waals surface area contributed by atoms with E-state index in [4.69, 9.17) is 17.4 Å². The molecule has 0 fully saturated rings. The highest BCUT2D eigenvalue weighted by atomic mass is 35.5. The van der Waals surface area contributed by atoms with Crippen molar-refractivity contribution in [3.63, 3.8) is 0 Å². The first-order valence-electron chi connectivity index (χ1n) is 9.38. The number of fused-ring (bicyclic) bond motifs is 2. The van der Waals surface area contributed by atoms with Crippen LogP contribution in [-0.4, -0.2) is 38.5 Å². The van der Waals surface area contributed by atoms with E-state index >= 15 is 0 Å². The van der Waals surface area contributed by atoms with Gasteiger partial charge >= 0.3 is 0 Å². The van der Waals surface area contributed by atoms with E-state index in [1.54, 1.807) is 55.5 Å². The lowest BCUT2D eigenvalue weighted by Gasteiger charge is -2.25. The molecule has 0 radical (unpaired) electrons. The molecule has 2 aromatic carbocycles. The monoisotopic (exact) mass is 436 g/mol. The standard InChI is InChI=1S/C22H17ClN4O4/c1-11(26-20(29)14-7-3-4-8-15(14)21(26)30)16-10-13-6-5-9-17(23)18(13)25-19(16)22(31)27(24)12(2)28/h3-11H,24H2,1-2H3. The summed E-state index contributed by atoms with van der Waals surface area (Å²) in [5.74, 6) is 3.12. The van der Waals surface area contributed by atoms with Gasteiger partial charge in [-0.2, -0.15) is 0 Å². The van der Waals surface area contributed by atoms with Crippen LogP contribution < -0.4 is 5.84 Å². The Kier molecular flexibility index (Phi) is 5.04. The topological polar surface area (TPSA) is 114 Å². The summed E-state index contributed by atoms with van der Waals surface area (Å²) in [6, 6.07) is 12.3. The molecule has 1 aromatic heterocycles. The fourth-order valence-corrected chi connectivity index (χ4v) is 3.85. The maximum atomic E-state index is 13.0. The molecule has 1 atom stereocenters. The van der Waals surface area contributed by atoms with Crippen LogP contribution in [0.4, 0.5) is 0 Å². The molecule has 2 N–H and O–H groups in total. The van der Waals surface area contributed by atoms with E-state index in [0.717, 1.165) is 11.8 Å². The van der Waals surface area contributed by atoms with Crippen molar-refractivity contribution in [2.75, 3.05) is 0 Å². The summed E-state index contributed by atoms with van der Waals surface area (Å²) in [4.78, 5) is 56.0. The van der Waals surface area contributed by atoms with Gasteiger partial charge < -0.3 is 0 Å². The Morgan fingerprint density at radius 3 is 2.26 bits per heavy atom. The number of para-hydroxylation sites is 1. The van der Waals surface area contributed by atoms with Gasteiger partial charge in [0.25, 0.3) is 17.7 Å². The summed E-state index contributed by atoms with van der Waals surface area (Å²) in [6.45, 7) is 2.75. The number of hydrogen-bond donors (Lipinski definition) is 1. The lowest BCUT2D eigenvalue weighted by atomic mass is 10.0. The number of nitrogens with zero attached hydrogens (tertiary/aromatic N) is 3. The van der Waals surface area contributed by atoms with Crippen LogP contribution in [0.1, 0.15) is 56.7 Å². The van der Waals surface area contributed by atoms with Crippen molar-refractivity contribution in [2.45, 2.75) is 19.9 Å². The maximum Gasteiger partial charge on any atom is 0.293 e. The predicted molar refractivity (Wildman–Crippen MR) is 113 cm³/mol. The number of aromatic nitrogens is 1. The fourth-order valence-electron chi connectivity index (χ4n) is 3.62. The lowest BCUT2D eigenvalue weighted by molar-refractivity contribution is -0.126. The van der Waals surface area contributed by atoms with Crippen molar-refractivity contribution in [3.05, 3.63) is 75.9 Å². The van der Waals surface area contributed by atoms with Crippen molar-refractivity contribution in [1.29, 1.82) is 0 Å². The summed E-state index contributed by atoms with van der Waals surface area (Å²) < 4.78 is 0. The number of hydrogen-bond acceptors (Lipinski definition) is 6. The third kappa shape index (κ3) is 3.26. The molecule has 0 saturated carbocycles. The van der Waals surface area contributed by atoms with Crippen LogP contribution >= 0.6 is 11.6 Å². The van der Waals surface area contributed by atoms with E-state index < -0.39 is 29.7 Å². The Labute approximate surface area is 182 Å². The van der Waals surface area contributed by atoms with Gasteiger partial charge in [-0.25, -0.2) is 15.8 Å². The summed E-state index contributed by atoms with van der Waals surface area (Å²) in [7, 11) is 0. The number of nitrogens with two attached hydrogens (primary N) is 1. The van der Waals surface area contributed by atoms with Gasteiger partial charge in [0.1, 0.15) is 5.69 Å². The number of benzene rings is 2. The third-order valence-electron chi connectivity index (χ3n) is 5.25. The van der Waals surface area contributed by atoms with Gasteiger partial charge in [-0.15, -0.1) is 0 Å². The molecule has 156 valence electrons. The Morgan fingerprint density at radius 2 is 1.68 bits per heavy atom. The van der Waals surface area contributed by atoms with Crippen molar-refractivity contribution in [2.24, 2.45) is 5.84 Å². The van der Waals surface area contributed by atoms with E-state index in [-0.39, 0.29) is 22.4 Å². The molecule has 2 heterocycles. The average Bonchev–Trinajstić information content (AvgIpc) is 3.02. The zero-order chi connectivity index (χ0) is 22.4. The molecule has 0 spiro atoms. The molecule has 8 nitrogen and oxygen atoms in total. The average molecular weight is 437 g/mol. The van der Waals surface area contributed by atoms with Crippen molar-refractivity contribution in [3.8, 4) is 0 Å². The summed E-state index contributed by atoms with van der Waals surface area (Å²) in [5.41, 5.74) is 1.01. The smallest absolute Gasteiger partial charge is 0.273 e. The van der Waals surface area contributed by atoms with Gasteiger partial charge in [-0.1, -0.05) is 35.9 Å². The zero-order valence-corrected chi connectivity index (χ0v) is 17.4. The Balaban J connectivity index is 1.89. The van der Waals surface area contributed by atoms with E-state index in [9.17, 15) is 19.2 Å². The molecule has 0 bridgehead atoms. The Bertz CT molecular complexity index is 1250. The number of hydrazine groups is 1. The number of carbonyl (C=O) groups excluding carboxylic acids is 4. The van der Waals surface area contributed by atoms with Crippen molar-refractivity contribution < 1.29 is 19.2 Å². The molecule has 3 aromatic rings. The second-order valence-electron chi connectivity index (χ2n) is 7.13. The maximum absolute atomic E-state index is 13.0. The number of pyridine rings is 1. The Hall–Kier alpha value is -3.62. The molecule has 1 aliphatic heterocycles. The minimum atomic E-state index is -0.868. The molecule has 4 amide bonds. The first-order chi connectivity index (χ1) is 14.7. The quantitative estimate of drug-likeness (QED) is 0.292. The molecule has 1 unspecified atom stereocenters. The van der Waals surface area contributed by atoms with Crippen LogP contribution in [0.15, 0.2) is 48.5 Å². The summed E-state index contributed by atoms with van der Waals surface area (Å²) >= 11 is 6.24. The Morgan fingerprint density at radius 1 is 1.06 bits per heavy atom. The minimum absolute atomic E-state index is 0.164. The first kappa shape index (κ1) is 20.6. The predicted octanol–water partition coefficient (Wildman–Crippen LogP) is 3.11. The van der Waals surface area contributed by atoms with E-state index in [1.807, 2.05) is 0 Å². The van der Waals surface area contributed by atoms with Gasteiger partial charge in [-0.3, -0.25) is 24.1 Å². The molecule has 31 heavy (non-hydrogen) atoms. The van der Waals surface area contributed by atoms with Crippen LogP contribution in [0.5, 0.6) is 0 Å². The second kappa shape index (κ2) is 7.57.